The smallest absolute Gasteiger partial charge is 0.0726 e. The summed E-state index contributed by atoms with van der Waals surface area (Å²) >= 11 is 0. The van der Waals surface area contributed by atoms with E-state index in [9.17, 15) is 0 Å². The van der Waals surface area contributed by atoms with Crippen molar-refractivity contribution in [2.24, 2.45) is 0 Å². The van der Waals surface area contributed by atoms with Crippen molar-refractivity contribution >= 4 is 88.5 Å². The Labute approximate surface area is 824 Å². The van der Waals surface area contributed by atoms with E-state index in [1.165, 1.54) is 166 Å². The molecular weight excluding hydrogens is 1710 g/mol. The maximum absolute atomic E-state index is 2.51. The van der Waals surface area contributed by atoms with Crippen LogP contribution in [0.3, 0.4) is 0 Å². The van der Waals surface area contributed by atoms with E-state index in [0.29, 0.717) is 0 Å². The standard InChI is InChI=1S/C138H88N4/c1-3-27-97(28-4-1)109-79-82-134(119-42-8-7-35-110(109)119)140(108-76-78-118-116-41-14-22-50-129(116)138(131(118)88-108)126-47-19-11-38-113(126)114-39-12-20-48-127(114)138)106-34-26-30-99(84-106)94-59-63-96(64-60-94)101-70-81-136-123(86-101)121-44-16-24-52-133(121)142(136)104-73-67-92(68-74-104)90-55-53-89(54-56-90)91-65-71-103(72-66-91)139(107-75-77-117-115-40-13-21-49-128(115)137(130(117)87-107)124-45-17-9-36-111(124)112-37-10-18-46-125(112)137)105-33-25-29-98(83-105)93-57-61-95(62-58-93)100-69-80-135-122(85-100)120-43-15-23-51-132(120)141(135)102-31-5-2-6-32-102/h1-88H. The molecule has 0 unspecified atom stereocenters. The van der Waals surface area contributed by atoms with Crippen molar-refractivity contribution in [3.63, 3.8) is 0 Å². The molecule has 4 nitrogen and oxygen atoms in total. The van der Waals surface area contributed by atoms with Crippen LogP contribution >= 0.6 is 0 Å². The maximum atomic E-state index is 2.51. The molecule has 0 aliphatic heterocycles. The molecule has 0 atom stereocenters. The first kappa shape index (κ1) is 80.8. The highest BCUT2D eigenvalue weighted by Gasteiger charge is 2.54. The Morgan fingerprint density at radius 3 is 0.831 bits per heavy atom. The summed E-state index contributed by atoms with van der Waals surface area (Å²) in [4.78, 5) is 4.98. The predicted molar refractivity (Wildman–Crippen MR) is 593 cm³/mol. The van der Waals surface area contributed by atoms with E-state index >= 15 is 0 Å². The number of hydrogen-bond acceptors (Lipinski definition) is 2. The molecule has 2 aromatic heterocycles. The van der Waals surface area contributed by atoms with Gasteiger partial charge in [-0.1, -0.05) is 406 Å². The topological polar surface area (TPSA) is 16.3 Å². The Bertz CT molecular complexity index is 9320. The van der Waals surface area contributed by atoms with Gasteiger partial charge in [0.25, 0.3) is 0 Å². The van der Waals surface area contributed by atoms with Gasteiger partial charge in [-0.3, -0.25) is 0 Å². The van der Waals surface area contributed by atoms with Crippen LogP contribution in [-0.4, -0.2) is 9.13 Å². The fraction of sp³-hybridized carbons (Fsp3) is 0.0145. The van der Waals surface area contributed by atoms with Crippen LogP contribution in [0.1, 0.15) is 44.5 Å². The first-order valence-corrected chi connectivity index (χ1v) is 49.3. The van der Waals surface area contributed by atoms with Gasteiger partial charge in [-0.15, -0.1) is 0 Å². The zero-order valence-corrected chi connectivity index (χ0v) is 77.6. The van der Waals surface area contributed by atoms with Crippen molar-refractivity contribution < 1.29 is 0 Å². The second-order valence-electron chi connectivity index (χ2n) is 38.4. The van der Waals surface area contributed by atoms with Gasteiger partial charge < -0.3 is 18.9 Å². The van der Waals surface area contributed by atoms with Crippen LogP contribution in [0, 0.1) is 0 Å². The van der Waals surface area contributed by atoms with Crippen LogP contribution in [0.5, 0.6) is 0 Å². The third-order valence-corrected chi connectivity index (χ3v) is 31.2. The third kappa shape index (κ3) is 12.3. The number of benzene rings is 23. The summed E-state index contributed by atoms with van der Waals surface area (Å²) in [5.41, 5.74) is 49.6. The number of rotatable bonds is 15. The molecule has 0 radical (unpaired) electrons. The van der Waals surface area contributed by atoms with Crippen LogP contribution < -0.4 is 9.80 Å². The number of fused-ring (bicyclic) bond motifs is 27. The number of hydrogen-bond donors (Lipinski definition) is 0. The highest BCUT2D eigenvalue weighted by atomic mass is 15.2. The molecule has 142 heavy (non-hydrogen) atoms. The number of aromatic nitrogens is 2. The molecule has 0 N–H and O–H groups in total. The molecule has 29 rings (SSSR count). The monoisotopic (exact) mass is 1800 g/mol. The molecule has 0 fully saturated rings. The van der Waals surface area contributed by atoms with E-state index < -0.39 is 10.8 Å². The minimum absolute atomic E-state index is 0.503. The van der Waals surface area contributed by atoms with E-state index in [-0.39, 0.29) is 0 Å². The summed E-state index contributed by atoms with van der Waals surface area (Å²) in [6, 6.07) is 200. The molecule has 25 aromatic rings. The van der Waals surface area contributed by atoms with Crippen molar-refractivity contribution in [2.45, 2.75) is 10.8 Å². The highest BCUT2D eigenvalue weighted by molar-refractivity contribution is 6.13. The molecule has 2 heterocycles. The third-order valence-electron chi connectivity index (χ3n) is 31.2. The average Bonchev–Trinajstić information content (AvgIpc) is 1.51. The lowest BCUT2D eigenvalue weighted by atomic mass is 9.70. The molecule has 660 valence electrons. The highest BCUT2D eigenvalue weighted by Crippen LogP contribution is 2.66. The Kier molecular flexibility index (Phi) is 18.2. The second kappa shape index (κ2) is 32.1. The van der Waals surface area contributed by atoms with Gasteiger partial charge in [-0.2, -0.15) is 0 Å². The van der Waals surface area contributed by atoms with Gasteiger partial charge >= 0.3 is 0 Å². The minimum atomic E-state index is -0.506. The molecule has 4 aliphatic carbocycles. The van der Waals surface area contributed by atoms with Gasteiger partial charge in [0.1, 0.15) is 0 Å². The van der Waals surface area contributed by atoms with Crippen molar-refractivity contribution in [2.75, 3.05) is 9.80 Å². The van der Waals surface area contributed by atoms with E-state index in [1.54, 1.807) is 0 Å². The van der Waals surface area contributed by atoms with Gasteiger partial charge in [0.15, 0.2) is 0 Å². The number of nitrogens with zero attached hydrogens (tertiary/aromatic N) is 4. The zero-order chi connectivity index (χ0) is 93.2. The SMILES string of the molecule is c1ccc(-c2ccc(N(c3cccc(-c4ccc(-c5ccc6c(c5)c5ccccc5n6-c5ccc(-c6ccc(-c7ccc(N(c8cccc(-c9ccc(-c%10ccc%11c(c%10)c%10ccccc%10n%11-c%10ccccc%10)cc9)c8)c8ccc9c(c8)C8(c%10ccccc%10-c%10ccccc%108)c8ccccc8-9)cc7)cc6)cc5)cc4)c3)c3ccc4c(c3)C3(c5ccccc5-c5ccccc53)c3ccccc3-4)c3ccccc23)cc1. The lowest BCUT2D eigenvalue weighted by molar-refractivity contribution is 0.793. The fourth-order valence-corrected chi connectivity index (χ4v) is 24.9. The van der Waals surface area contributed by atoms with E-state index in [0.717, 1.165) is 101 Å². The molecule has 4 heteroatoms. The first-order chi connectivity index (χ1) is 70.4. The van der Waals surface area contributed by atoms with Crippen molar-refractivity contribution in [3.8, 4) is 134 Å². The summed E-state index contributed by atoms with van der Waals surface area (Å²) in [6.07, 6.45) is 0. The summed E-state index contributed by atoms with van der Waals surface area (Å²) in [5.74, 6) is 0. The zero-order valence-electron chi connectivity index (χ0n) is 77.6. The molecule has 2 spiro atoms. The first-order valence-electron chi connectivity index (χ1n) is 49.3. The Hall–Kier alpha value is -18.5. The van der Waals surface area contributed by atoms with Crippen LogP contribution in [0.4, 0.5) is 34.1 Å². The molecule has 4 aliphatic rings. The normalized spacial score (nSPS) is 12.9. The van der Waals surface area contributed by atoms with Gasteiger partial charge in [0, 0.05) is 66.7 Å². The summed E-state index contributed by atoms with van der Waals surface area (Å²) in [7, 11) is 0. The fourth-order valence-electron chi connectivity index (χ4n) is 24.9. The van der Waals surface area contributed by atoms with E-state index in [1.807, 2.05) is 0 Å². The lowest BCUT2D eigenvalue weighted by Crippen LogP contribution is -2.26. The summed E-state index contributed by atoms with van der Waals surface area (Å²) < 4.78 is 4.81. The largest absolute Gasteiger partial charge is 0.310 e. The van der Waals surface area contributed by atoms with Crippen molar-refractivity contribution in [1.82, 2.24) is 9.13 Å². The van der Waals surface area contributed by atoms with Gasteiger partial charge in [0.2, 0.25) is 0 Å². The Morgan fingerprint density at radius 1 is 0.134 bits per heavy atom. The van der Waals surface area contributed by atoms with Crippen molar-refractivity contribution in [3.05, 3.63) is 578 Å². The Balaban J connectivity index is 0.465. The minimum Gasteiger partial charge on any atom is -0.310 e. The summed E-state index contributed by atoms with van der Waals surface area (Å²) in [6.45, 7) is 0. The van der Waals surface area contributed by atoms with Crippen LogP contribution in [0.15, 0.2) is 534 Å². The second-order valence-corrected chi connectivity index (χ2v) is 38.4. The van der Waals surface area contributed by atoms with Crippen LogP contribution in [-0.2, 0) is 10.8 Å². The van der Waals surface area contributed by atoms with Gasteiger partial charge in [-0.25, -0.2) is 0 Å². The van der Waals surface area contributed by atoms with E-state index in [4.69, 9.17) is 0 Å². The quantitative estimate of drug-likeness (QED) is 0.102. The summed E-state index contributed by atoms with van der Waals surface area (Å²) in [5, 5.41) is 7.29. The molecule has 23 aromatic carbocycles. The van der Waals surface area contributed by atoms with E-state index in [2.05, 4.69) is 553 Å². The molecular formula is C138H88N4. The number of anilines is 6. The molecule has 0 bridgehead atoms. The Morgan fingerprint density at radius 2 is 0.408 bits per heavy atom. The van der Waals surface area contributed by atoms with Gasteiger partial charge in [-0.05, 0) is 300 Å². The van der Waals surface area contributed by atoms with Gasteiger partial charge in [0.05, 0.1) is 38.6 Å². The number of para-hydroxylation sites is 3. The van der Waals surface area contributed by atoms with Crippen molar-refractivity contribution in [1.29, 1.82) is 0 Å². The lowest BCUT2D eigenvalue weighted by Gasteiger charge is -2.32. The molecule has 0 amide bonds. The van der Waals surface area contributed by atoms with Crippen LogP contribution in [0.2, 0.25) is 0 Å². The molecule has 0 saturated carbocycles. The average molecular weight is 1800 g/mol. The maximum Gasteiger partial charge on any atom is 0.0726 e. The predicted octanol–water partition coefficient (Wildman–Crippen LogP) is 36.3. The molecule has 0 saturated heterocycles. The van der Waals surface area contributed by atoms with Crippen LogP contribution in [0.25, 0.3) is 188 Å².